The van der Waals surface area contributed by atoms with Crippen LogP contribution in [0.3, 0.4) is 0 Å². The number of rotatable bonds is 3. The largest absolute Gasteiger partial charge is 0.505 e. The van der Waals surface area contributed by atoms with Crippen LogP contribution < -0.4 is 9.64 Å². The van der Waals surface area contributed by atoms with Crippen molar-refractivity contribution in [2.24, 2.45) is 0 Å². The van der Waals surface area contributed by atoms with Crippen molar-refractivity contribution in [1.29, 1.82) is 0 Å². The second-order valence-electron chi connectivity index (χ2n) is 3.91. The highest BCUT2D eigenvalue weighted by molar-refractivity contribution is 6.06. The van der Waals surface area contributed by atoms with Crippen LogP contribution in [-0.2, 0) is 0 Å². The number of carbonyl (C=O) groups is 1. The molecule has 0 aliphatic carbocycles. The summed E-state index contributed by atoms with van der Waals surface area (Å²) in [5, 5.41) is 9.66. The van der Waals surface area contributed by atoms with Gasteiger partial charge in [0.05, 0.1) is 12.8 Å². The number of pyridine rings is 1. The predicted octanol–water partition coefficient (Wildman–Crippen LogP) is 2.07. The molecule has 0 bridgehead atoms. The number of amides is 1. The summed E-state index contributed by atoms with van der Waals surface area (Å²) in [5.74, 6) is 0.0330. The van der Waals surface area contributed by atoms with Crippen molar-refractivity contribution in [2.45, 2.75) is 0 Å². The Hall–Kier alpha value is -2.56. The highest BCUT2D eigenvalue weighted by Crippen LogP contribution is 2.28. The van der Waals surface area contributed by atoms with E-state index in [9.17, 15) is 9.90 Å². The number of anilines is 1. The fourth-order valence-electron chi connectivity index (χ4n) is 1.74. The normalized spacial score (nSPS) is 10.0. The molecule has 19 heavy (non-hydrogen) atoms. The van der Waals surface area contributed by atoms with Crippen LogP contribution in [0, 0.1) is 0 Å². The molecule has 0 radical (unpaired) electrons. The summed E-state index contributed by atoms with van der Waals surface area (Å²) in [6.07, 6.45) is 1.46. The third-order valence-corrected chi connectivity index (χ3v) is 2.74. The second-order valence-corrected chi connectivity index (χ2v) is 3.91. The summed E-state index contributed by atoms with van der Waals surface area (Å²) in [6, 6.07) is 10.1. The van der Waals surface area contributed by atoms with E-state index in [1.54, 1.807) is 31.3 Å². The van der Waals surface area contributed by atoms with E-state index in [-0.39, 0.29) is 11.4 Å². The van der Waals surface area contributed by atoms with Gasteiger partial charge in [-0.1, -0.05) is 12.1 Å². The minimum atomic E-state index is -0.400. The summed E-state index contributed by atoms with van der Waals surface area (Å²) < 4.78 is 5.21. The Morgan fingerprint density at radius 3 is 2.68 bits per heavy atom. The van der Waals surface area contributed by atoms with Gasteiger partial charge in [0.15, 0.2) is 5.69 Å². The topological polar surface area (TPSA) is 62.7 Å². The lowest BCUT2D eigenvalue weighted by Crippen LogP contribution is -2.27. The highest BCUT2D eigenvalue weighted by Gasteiger charge is 2.20. The van der Waals surface area contributed by atoms with Crippen molar-refractivity contribution in [2.75, 3.05) is 19.1 Å². The number of carbonyl (C=O) groups excluding carboxylic acids is 1. The van der Waals surface area contributed by atoms with Gasteiger partial charge in [0.1, 0.15) is 11.5 Å². The molecule has 0 aliphatic rings. The van der Waals surface area contributed by atoms with Crippen molar-refractivity contribution in [3.8, 4) is 11.5 Å². The third kappa shape index (κ3) is 2.49. The molecule has 1 aromatic heterocycles. The molecule has 2 rings (SSSR count). The van der Waals surface area contributed by atoms with Crippen LogP contribution in [0.1, 0.15) is 10.5 Å². The monoisotopic (exact) mass is 258 g/mol. The molecule has 0 fully saturated rings. The molecule has 5 nitrogen and oxygen atoms in total. The summed E-state index contributed by atoms with van der Waals surface area (Å²) in [6.45, 7) is 0. The number of hydrogen-bond donors (Lipinski definition) is 1. The van der Waals surface area contributed by atoms with Gasteiger partial charge in [0, 0.05) is 13.2 Å². The standard InChI is InChI=1S/C14H14N2O3/c1-16(10-6-3-4-8-12(10)19-2)14(18)13-11(17)7-5-9-15-13/h3-9,17H,1-2H3. The summed E-state index contributed by atoms with van der Waals surface area (Å²) >= 11 is 0. The lowest BCUT2D eigenvalue weighted by atomic mass is 10.2. The third-order valence-electron chi connectivity index (χ3n) is 2.74. The van der Waals surface area contributed by atoms with Crippen LogP contribution >= 0.6 is 0 Å². The number of nitrogens with zero attached hydrogens (tertiary/aromatic N) is 2. The molecule has 5 heteroatoms. The van der Waals surface area contributed by atoms with Gasteiger partial charge in [-0.2, -0.15) is 0 Å². The molecular weight excluding hydrogens is 244 g/mol. The van der Waals surface area contributed by atoms with Gasteiger partial charge in [-0.15, -0.1) is 0 Å². The molecule has 0 saturated heterocycles. The van der Waals surface area contributed by atoms with Crippen molar-refractivity contribution >= 4 is 11.6 Å². The van der Waals surface area contributed by atoms with E-state index >= 15 is 0 Å². The van der Waals surface area contributed by atoms with Crippen LogP contribution in [0.2, 0.25) is 0 Å². The van der Waals surface area contributed by atoms with Gasteiger partial charge < -0.3 is 14.7 Å². The first-order chi connectivity index (χ1) is 9.15. The van der Waals surface area contributed by atoms with Crippen LogP contribution in [0.4, 0.5) is 5.69 Å². The van der Waals surface area contributed by atoms with E-state index in [2.05, 4.69) is 4.98 Å². The maximum Gasteiger partial charge on any atom is 0.280 e. The van der Waals surface area contributed by atoms with Gasteiger partial charge in [-0.25, -0.2) is 4.98 Å². The molecule has 0 saturated carbocycles. The Morgan fingerprint density at radius 1 is 1.26 bits per heavy atom. The molecule has 1 N–H and O–H groups in total. The SMILES string of the molecule is COc1ccccc1N(C)C(=O)c1ncccc1O. The Kier molecular flexibility index (Phi) is 3.66. The average Bonchev–Trinajstić information content (AvgIpc) is 2.46. The van der Waals surface area contributed by atoms with Crippen molar-refractivity contribution in [3.63, 3.8) is 0 Å². The quantitative estimate of drug-likeness (QED) is 0.915. The first kappa shape index (κ1) is 12.9. The fraction of sp³-hybridized carbons (Fsp3) is 0.143. The molecule has 0 atom stereocenters. The number of methoxy groups -OCH3 is 1. The lowest BCUT2D eigenvalue weighted by Gasteiger charge is -2.19. The minimum absolute atomic E-state index is 0.0101. The number of ether oxygens (including phenoxy) is 1. The Morgan fingerprint density at radius 2 is 2.00 bits per heavy atom. The molecule has 1 heterocycles. The minimum Gasteiger partial charge on any atom is -0.505 e. The Bertz CT molecular complexity index is 599. The van der Waals surface area contributed by atoms with E-state index in [0.29, 0.717) is 11.4 Å². The van der Waals surface area contributed by atoms with Crippen molar-refractivity contribution in [1.82, 2.24) is 4.98 Å². The van der Waals surface area contributed by atoms with Crippen molar-refractivity contribution < 1.29 is 14.6 Å². The van der Waals surface area contributed by atoms with E-state index in [0.717, 1.165) is 0 Å². The number of aromatic hydroxyl groups is 1. The summed E-state index contributed by atoms with van der Waals surface area (Å²) in [5.41, 5.74) is 0.621. The molecule has 98 valence electrons. The van der Waals surface area contributed by atoms with Gasteiger partial charge >= 0.3 is 0 Å². The first-order valence-electron chi connectivity index (χ1n) is 5.70. The van der Waals surface area contributed by atoms with E-state index in [1.165, 1.54) is 24.3 Å². The first-order valence-corrected chi connectivity index (χ1v) is 5.70. The highest BCUT2D eigenvalue weighted by atomic mass is 16.5. The molecule has 1 amide bonds. The van der Waals surface area contributed by atoms with E-state index < -0.39 is 5.91 Å². The van der Waals surface area contributed by atoms with Crippen LogP contribution in [-0.4, -0.2) is 30.2 Å². The molecular formula is C14H14N2O3. The predicted molar refractivity (Wildman–Crippen MR) is 71.6 cm³/mol. The molecule has 0 aliphatic heterocycles. The fourth-order valence-corrected chi connectivity index (χ4v) is 1.74. The molecule has 0 unspecified atom stereocenters. The zero-order chi connectivity index (χ0) is 13.8. The van der Waals surface area contributed by atoms with Gasteiger partial charge in [-0.05, 0) is 24.3 Å². The lowest BCUT2D eigenvalue weighted by molar-refractivity contribution is 0.0985. The second kappa shape index (κ2) is 5.39. The van der Waals surface area contributed by atoms with Gasteiger partial charge in [-0.3, -0.25) is 4.79 Å². The zero-order valence-corrected chi connectivity index (χ0v) is 10.7. The zero-order valence-electron chi connectivity index (χ0n) is 10.7. The van der Waals surface area contributed by atoms with Crippen LogP contribution in [0.5, 0.6) is 11.5 Å². The summed E-state index contributed by atoms with van der Waals surface area (Å²) in [4.78, 5) is 17.6. The smallest absolute Gasteiger partial charge is 0.280 e. The number of benzene rings is 1. The maximum atomic E-state index is 12.3. The Labute approximate surface area is 111 Å². The van der Waals surface area contributed by atoms with Gasteiger partial charge in [0.25, 0.3) is 5.91 Å². The van der Waals surface area contributed by atoms with E-state index in [1.807, 2.05) is 6.07 Å². The number of hydrogen-bond acceptors (Lipinski definition) is 4. The average molecular weight is 258 g/mol. The number of para-hydroxylation sites is 2. The van der Waals surface area contributed by atoms with Crippen molar-refractivity contribution in [3.05, 3.63) is 48.3 Å². The number of aromatic nitrogens is 1. The van der Waals surface area contributed by atoms with E-state index in [4.69, 9.17) is 4.74 Å². The molecule has 0 spiro atoms. The van der Waals surface area contributed by atoms with Gasteiger partial charge in [0.2, 0.25) is 0 Å². The van der Waals surface area contributed by atoms with Crippen LogP contribution in [0.25, 0.3) is 0 Å². The molecule has 2 aromatic rings. The maximum absolute atomic E-state index is 12.3. The summed E-state index contributed by atoms with van der Waals surface area (Å²) in [7, 11) is 3.14. The molecule has 1 aromatic carbocycles. The Balaban J connectivity index is 2.37. The van der Waals surface area contributed by atoms with Crippen LogP contribution in [0.15, 0.2) is 42.6 Å².